The molecule has 1 N–H and O–H groups in total. The lowest BCUT2D eigenvalue weighted by Gasteiger charge is -2.30. The Labute approximate surface area is 105 Å². The van der Waals surface area contributed by atoms with Gasteiger partial charge in [0.25, 0.3) is 0 Å². The molecule has 0 saturated carbocycles. The SMILES string of the molecule is CC(F)(CC1CCCCN1)c1c(F)cccc1F. The number of piperidine rings is 1. The monoisotopic (exact) mass is 257 g/mol. The van der Waals surface area contributed by atoms with E-state index in [9.17, 15) is 13.2 Å². The average molecular weight is 257 g/mol. The van der Waals surface area contributed by atoms with E-state index in [2.05, 4.69) is 5.32 Å². The molecule has 0 aliphatic carbocycles. The fraction of sp³-hybridized carbons (Fsp3) is 0.571. The van der Waals surface area contributed by atoms with Gasteiger partial charge in [0.1, 0.15) is 17.3 Å². The van der Waals surface area contributed by atoms with Crippen LogP contribution in [0.4, 0.5) is 13.2 Å². The summed E-state index contributed by atoms with van der Waals surface area (Å²) in [6.07, 6.45) is 3.07. The van der Waals surface area contributed by atoms with E-state index in [-0.39, 0.29) is 12.5 Å². The third kappa shape index (κ3) is 2.86. The van der Waals surface area contributed by atoms with Crippen molar-refractivity contribution < 1.29 is 13.2 Å². The first-order valence-corrected chi connectivity index (χ1v) is 6.37. The second kappa shape index (κ2) is 5.31. The fourth-order valence-electron chi connectivity index (χ4n) is 2.66. The average Bonchev–Trinajstić information content (AvgIpc) is 2.28. The molecule has 100 valence electrons. The molecule has 1 fully saturated rings. The van der Waals surface area contributed by atoms with Crippen molar-refractivity contribution in [1.29, 1.82) is 0 Å². The van der Waals surface area contributed by atoms with Gasteiger partial charge < -0.3 is 5.32 Å². The van der Waals surface area contributed by atoms with Gasteiger partial charge in [0.05, 0.1) is 5.56 Å². The number of rotatable bonds is 3. The summed E-state index contributed by atoms with van der Waals surface area (Å²) in [5, 5.41) is 3.20. The van der Waals surface area contributed by atoms with Crippen LogP contribution in [-0.4, -0.2) is 12.6 Å². The molecule has 0 spiro atoms. The Morgan fingerprint density at radius 2 is 1.94 bits per heavy atom. The molecular formula is C14H18F3N. The minimum Gasteiger partial charge on any atom is -0.314 e. The van der Waals surface area contributed by atoms with Crippen molar-refractivity contribution in [2.24, 2.45) is 0 Å². The number of hydrogen-bond acceptors (Lipinski definition) is 1. The lowest BCUT2D eigenvalue weighted by atomic mass is 9.87. The van der Waals surface area contributed by atoms with E-state index in [1.165, 1.54) is 13.0 Å². The largest absolute Gasteiger partial charge is 0.314 e. The molecule has 0 bridgehead atoms. The van der Waals surface area contributed by atoms with Crippen LogP contribution in [0.15, 0.2) is 18.2 Å². The molecule has 0 aromatic heterocycles. The number of alkyl halides is 1. The van der Waals surface area contributed by atoms with Crippen molar-refractivity contribution >= 4 is 0 Å². The molecule has 1 saturated heterocycles. The van der Waals surface area contributed by atoms with Crippen LogP contribution in [0.25, 0.3) is 0 Å². The Balaban J connectivity index is 2.18. The van der Waals surface area contributed by atoms with Crippen LogP contribution in [0, 0.1) is 11.6 Å². The van der Waals surface area contributed by atoms with Crippen LogP contribution in [-0.2, 0) is 5.67 Å². The van der Waals surface area contributed by atoms with Crippen LogP contribution in [0.3, 0.4) is 0 Å². The van der Waals surface area contributed by atoms with Crippen molar-refractivity contribution in [3.63, 3.8) is 0 Å². The molecule has 1 aliphatic rings. The highest BCUT2D eigenvalue weighted by Crippen LogP contribution is 2.35. The third-order valence-corrected chi connectivity index (χ3v) is 3.53. The van der Waals surface area contributed by atoms with Crippen LogP contribution in [0.1, 0.15) is 38.2 Å². The van der Waals surface area contributed by atoms with Crippen LogP contribution < -0.4 is 5.32 Å². The summed E-state index contributed by atoms with van der Waals surface area (Å²) in [5.74, 6) is -1.62. The molecule has 1 nitrogen and oxygen atoms in total. The lowest BCUT2D eigenvalue weighted by molar-refractivity contribution is 0.136. The van der Waals surface area contributed by atoms with Gasteiger partial charge >= 0.3 is 0 Å². The van der Waals surface area contributed by atoms with E-state index in [0.29, 0.717) is 0 Å². The number of nitrogens with one attached hydrogen (secondary N) is 1. The zero-order valence-electron chi connectivity index (χ0n) is 10.5. The maximum Gasteiger partial charge on any atom is 0.140 e. The molecule has 1 heterocycles. The second-order valence-electron chi connectivity index (χ2n) is 5.15. The first kappa shape index (κ1) is 13.4. The lowest BCUT2D eigenvalue weighted by Crippen LogP contribution is -2.38. The zero-order valence-corrected chi connectivity index (χ0v) is 10.5. The zero-order chi connectivity index (χ0) is 13.2. The predicted octanol–water partition coefficient (Wildman–Crippen LogP) is 3.68. The number of hydrogen-bond donors (Lipinski definition) is 1. The first-order valence-electron chi connectivity index (χ1n) is 6.37. The highest BCUT2D eigenvalue weighted by atomic mass is 19.2. The van der Waals surface area contributed by atoms with Crippen molar-refractivity contribution in [2.45, 2.75) is 44.3 Å². The summed E-state index contributed by atoms with van der Waals surface area (Å²) in [4.78, 5) is 0. The van der Waals surface area contributed by atoms with Gasteiger partial charge in [-0.15, -0.1) is 0 Å². The smallest absolute Gasteiger partial charge is 0.140 e. The van der Waals surface area contributed by atoms with Gasteiger partial charge in [-0.2, -0.15) is 0 Å². The Morgan fingerprint density at radius 1 is 1.28 bits per heavy atom. The van der Waals surface area contributed by atoms with E-state index in [4.69, 9.17) is 0 Å². The molecule has 2 rings (SSSR count). The molecule has 0 amide bonds. The van der Waals surface area contributed by atoms with Gasteiger partial charge in [-0.05, 0) is 38.4 Å². The summed E-state index contributed by atoms with van der Waals surface area (Å²) >= 11 is 0. The number of benzene rings is 1. The van der Waals surface area contributed by atoms with Gasteiger partial charge in [0.15, 0.2) is 0 Å². The molecular weight excluding hydrogens is 239 g/mol. The van der Waals surface area contributed by atoms with Crippen LogP contribution >= 0.6 is 0 Å². The minimum atomic E-state index is -1.98. The van der Waals surface area contributed by atoms with E-state index >= 15 is 0 Å². The summed E-state index contributed by atoms with van der Waals surface area (Å²) in [6.45, 7) is 2.10. The topological polar surface area (TPSA) is 12.0 Å². The van der Waals surface area contributed by atoms with Crippen LogP contribution in [0.2, 0.25) is 0 Å². The molecule has 1 aromatic rings. The molecule has 4 heteroatoms. The number of halogens is 3. The Bertz CT molecular complexity index is 391. The maximum atomic E-state index is 14.6. The van der Waals surface area contributed by atoms with E-state index in [1.807, 2.05) is 0 Å². The van der Waals surface area contributed by atoms with Gasteiger partial charge in [-0.1, -0.05) is 12.5 Å². The maximum absolute atomic E-state index is 14.6. The second-order valence-corrected chi connectivity index (χ2v) is 5.15. The van der Waals surface area contributed by atoms with Crippen molar-refractivity contribution in [1.82, 2.24) is 5.32 Å². The third-order valence-electron chi connectivity index (χ3n) is 3.53. The quantitative estimate of drug-likeness (QED) is 0.871. The summed E-state index contributed by atoms with van der Waals surface area (Å²) in [6, 6.07) is 3.45. The summed E-state index contributed by atoms with van der Waals surface area (Å²) < 4.78 is 41.8. The van der Waals surface area contributed by atoms with Gasteiger partial charge in [-0.25, -0.2) is 13.2 Å². The molecule has 18 heavy (non-hydrogen) atoms. The minimum absolute atomic E-state index is 0.00671. The molecule has 1 aliphatic heterocycles. The summed E-state index contributed by atoms with van der Waals surface area (Å²) in [7, 11) is 0. The highest BCUT2D eigenvalue weighted by molar-refractivity contribution is 5.26. The Kier molecular flexibility index (Phi) is 3.95. The molecule has 2 atom stereocenters. The Morgan fingerprint density at radius 3 is 2.50 bits per heavy atom. The first-order chi connectivity index (χ1) is 8.50. The highest BCUT2D eigenvalue weighted by Gasteiger charge is 2.35. The fourth-order valence-corrected chi connectivity index (χ4v) is 2.66. The van der Waals surface area contributed by atoms with Crippen molar-refractivity contribution in [2.75, 3.05) is 6.54 Å². The normalized spacial score (nSPS) is 23.7. The molecule has 2 unspecified atom stereocenters. The van der Waals surface area contributed by atoms with E-state index in [1.54, 1.807) is 0 Å². The Hall–Kier alpha value is -1.03. The molecule has 1 aromatic carbocycles. The van der Waals surface area contributed by atoms with Gasteiger partial charge in [0.2, 0.25) is 0 Å². The predicted molar refractivity (Wildman–Crippen MR) is 65.1 cm³/mol. The standard InChI is InChI=1S/C14H18F3N/c1-14(17,9-10-5-2-3-8-18-10)13-11(15)6-4-7-12(13)16/h4,6-7,10,18H,2-3,5,8-9H2,1H3. The van der Waals surface area contributed by atoms with E-state index in [0.717, 1.165) is 37.9 Å². The van der Waals surface area contributed by atoms with Crippen LogP contribution in [0.5, 0.6) is 0 Å². The van der Waals surface area contributed by atoms with Crippen molar-refractivity contribution in [3.05, 3.63) is 35.4 Å². The van der Waals surface area contributed by atoms with Gasteiger partial charge in [0, 0.05) is 12.5 Å². The molecule has 0 radical (unpaired) electrons. The van der Waals surface area contributed by atoms with E-state index < -0.39 is 22.9 Å². The summed E-state index contributed by atoms with van der Waals surface area (Å²) in [5.41, 5.74) is -2.43. The van der Waals surface area contributed by atoms with Crippen molar-refractivity contribution in [3.8, 4) is 0 Å². The van der Waals surface area contributed by atoms with Gasteiger partial charge in [-0.3, -0.25) is 0 Å².